The molecule has 0 aromatic rings. The van der Waals surface area contributed by atoms with Crippen molar-refractivity contribution in [3.05, 3.63) is 13.2 Å². The maximum Gasteiger partial charge on any atom is 4.00 e. The molecule has 27 heavy (non-hydrogen) atoms. The summed E-state index contributed by atoms with van der Waals surface area (Å²) in [4.78, 5) is 36.0. The molecule has 0 saturated carbocycles. The third kappa shape index (κ3) is 234. The van der Waals surface area contributed by atoms with E-state index >= 15 is 0 Å². The van der Waals surface area contributed by atoms with Crippen LogP contribution in [0, 0.1) is 0 Å². The minimum absolute atomic E-state index is 0. The zero-order valence-corrected chi connectivity index (χ0v) is 15.7. The first-order valence-corrected chi connectivity index (χ1v) is 5.94. The summed E-state index contributed by atoms with van der Waals surface area (Å²) in [6.45, 7) is 2.19. The number of hydrogen-bond donors (Lipinski definition) is 6. The Bertz CT molecular complexity index is 265. The van der Waals surface area contributed by atoms with Crippen LogP contribution in [0.25, 0.3) is 0 Å². The van der Waals surface area contributed by atoms with Crippen molar-refractivity contribution >= 4 is 23.9 Å². The molecule has 0 heterocycles. The van der Waals surface area contributed by atoms with E-state index in [4.69, 9.17) is 70.2 Å². The van der Waals surface area contributed by atoms with Crippen LogP contribution in [0.2, 0.25) is 0 Å². The van der Waals surface area contributed by atoms with Gasteiger partial charge in [-0.2, -0.15) is 0 Å². The van der Waals surface area contributed by atoms with E-state index in [1.807, 2.05) is 0 Å². The Morgan fingerprint density at radius 2 is 0.593 bits per heavy atom. The average Bonchev–Trinajstić information content (AvgIpc) is 2.64. The number of carboxylic acids is 4. The van der Waals surface area contributed by atoms with Gasteiger partial charge in [0.2, 0.25) is 0 Å². The fraction of sp³-hybridized carbons (Fsp3) is 0.500. The fourth-order valence-electron chi connectivity index (χ4n) is 0. The van der Waals surface area contributed by atoms with Crippen LogP contribution in [0.5, 0.6) is 0 Å². The molecule has 158 valence electrons. The largest absolute Gasteiger partial charge is 4.00 e. The molecule has 0 amide bonds. The smallest absolute Gasteiger partial charge is 0.548 e. The van der Waals surface area contributed by atoms with Crippen LogP contribution >= 0.6 is 0 Å². The summed E-state index contributed by atoms with van der Waals surface area (Å²) in [6, 6.07) is 0. The van der Waals surface area contributed by atoms with Gasteiger partial charge < -0.3 is 70.2 Å². The zero-order valence-electron chi connectivity index (χ0n) is 14.1. The third-order valence-corrected chi connectivity index (χ3v) is 0.616. The summed E-state index contributed by atoms with van der Waals surface area (Å²) in [5.74, 6) is -5.76. The average molecular weight is 438 g/mol. The number of aliphatic hydroxyl groups is 6. The number of carbonyl (C=O) groups excluding carboxylic acids is 4. The summed E-state index contributed by atoms with van der Waals surface area (Å²) < 4.78 is 0. The molecule has 0 aliphatic carbocycles. The van der Waals surface area contributed by atoms with Crippen LogP contribution in [-0.2, 0) is 40.9 Å². The van der Waals surface area contributed by atoms with E-state index in [2.05, 4.69) is 13.2 Å². The van der Waals surface area contributed by atoms with Crippen LogP contribution in [0.1, 0.15) is 0 Å². The Balaban J connectivity index is -0.0000000359. The Morgan fingerprint density at radius 3 is 0.593 bits per heavy atom. The van der Waals surface area contributed by atoms with Crippen molar-refractivity contribution in [2.24, 2.45) is 0 Å². The monoisotopic (exact) mass is 438 g/mol. The molecule has 0 fully saturated rings. The number of rotatable bonds is 5. The van der Waals surface area contributed by atoms with E-state index in [9.17, 15) is 0 Å². The molecule has 0 spiro atoms. The second-order valence-electron chi connectivity index (χ2n) is 2.57. The maximum atomic E-state index is 9.01. The molecule has 0 aromatic heterocycles. The van der Waals surface area contributed by atoms with E-state index in [1.54, 1.807) is 0 Å². The van der Waals surface area contributed by atoms with Crippen molar-refractivity contribution in [3.63, 3.8) is 0 Å². The predicted octanol–water partition coefficient (Wildman–Crippen LogP) is -9.31. The summed E-state index contributed by atoms with van der Waals surface area (Å²) in [5.41, 5.74) is 0. The van der Waals surface area contributed by atoms with E-state index < -0.39 is 50.3 Å². The maximum absolute atomic E-state index is 9.01. The van der Waals surface area contributed by atoms with E-state index in [0.29, 0.717) is 0 Å². The van der Waals surface area contributed by atoms with Gasteiger partial charge in [-0.25, -0.2) is 0 Å². The molecule has 6 N–H and O–H groups in total. The van der Waals surface area contributed by atoms with E-state index in [0.717, 1.165) is 0 Å². The van der Waals surface area contributed by atoms with Gasteiger partial charge >= 0.3 is 21.7 Å². The second kappa shape index (κ2) is 49.6. The standard InChI is InChI=1S/4C2H4O3.C2H6O2.C2H4.Ti/c4*3-1-2(4)5;3-1-2-4;1-2;/h4*3H,1H2,(H,4,5);3-4H,1-2H2;1-2H2;/q;;;;;;+4/p-4. The summed E-state index contributed by atoms with van der Waals surface area (Å²) >= 11 is 0. The third-order valence-electron chi connectivity index (χ3n) is 0.616. The number of carbonyl (C=O) groups is 4. The Kier molecular flexibility index (Phi) is 81.8. The second-order valence-corrected chi connectivity index (χ2v) is 2.57. The molecule has 0 rings (SSSR count). The first kappa shape index (κ1) is 44.5. The number of hydrogen-bond acceptors (Lipinski definition) is 14. The first-order valence-electron chi connectivity index (χ1n) is 5.94. The van der Waals surface area contributed by atoms with Gasteiger partial charge in [-0.15, -0.1) is 13.2 Å². The molecule has 0 atom stereocenters. The van der Waals surface area contributed by atoms with Crippen molar-refractivity contribution in [2.45, 2.75) is 0 Å². The number of carboxylic acid groups (broad SMARTS) is 4. The molecule has 0 aliphatic heterocycles. The van der Waals surface area contributed by atoms with E-state index in [-0.39, 0.29) is 34.9 Å². The molecule has 0 radical (unpaired) electrons. The van der Waals surface area contributed by atoms with Crippen molar-refractivity contribution in [3.8, 4) is 0 Å². The molecular weight excluding hydrogens is 416 g/mol. The minimum Gasteiger partial charge on any atom is -0.548 e. The van der Waals surface area contributed by atoms with Crippen molar-refractivity contribution < 1.29 is 92.0 Å². The zero-order chi connectivity index (χ0) is 22.6. The Labute approximate surface area is 169 Å². The Morgan fingerprint density at radius 1 is 0.519 bits per heavy atom. The van der Waals surface area contributed by atoms with Gasteiger partial charge in [0, 0.05) is 0 Å². The molecule has 0 bridgehead atoms. The topological polar surface area (TPSA) is 282 Å². The van der Waals surface area contributed by atoms with Gasteiger partial charge in [0.1, 0.15) is 0 Å². The van der Waals surface area contributed by atoms with Gasteiger partial charge in [-0.1, -0.05) is 0 Å². The quantitative estimate of drug-likeness (QED) is 0.172. The van der Waals surface area contributed by atoms with Crippen LogP contribution in [0.4, 0.5) is 0 Å². The van der Waals surface area contributed by atoms with Crippen LogP contribution in [-0.4, -0.2) is 94.2 Å². The minimum atomic E-state index is -1.44. The predicted molar refractivity (Wildman–Crippen MR) is 73.8 cm³/mol. The molecule has 14 nitrogen and oxygen atoms in total. The van der Waals surface area contributed by atoms with Gasteiger partial charge in [-0.3, -0.25) is 0 Å². The summed E-state index contributed by atoms with van der Waals surface area (Å²) in [5, 5.41) is 81.2. The molecule has 0 saturated heterocycles. The molecular formula is C12H22O14Ti. The molecule has 0 unspecified atom stereocenters. The van der Waals surface area contributed by atoms with Crippen molar-refractivity contribution in [1.82, 2.24) is 0 Å². The van der Waals surface area contributed by atoms with Crippen LogP contribution in [0.15, 0.2) is 13.2 Å². The van der Waals surface area contributed by atoms with Gasteiger partial charge in [0.25, 0.3) is 0 Å². The number of aliphatic hydroxyl groups excluding tert-OH is 6. The van der Waals surface area contributed by atoms with Gasteiger partial charge in [-0.05, 0) is 0 Å². The van der Waals surface area contributed by atoms with Crippen LogP contribution in [0.3, 0.4) is 0 Å². The first-order chi connectivity index (χ1) is 12.0. The van der Waals surface area contributed by atoms with Crippen molar-refractivity contribution in [1.29, 1.82) is 0 Å². The van der Waals surface area contributed by atoms with Crippen LogP contribution < -0.4 is 20.4 Å². The summed E-state index contributed by atoms with van der Waals surface area (Å²) in [7, 11) is 0. The van der Waals surface area contributed by atoms with E-state index in [1.165, 1.54) is 0 Å². The SMILES string of the molecule is C=C.O=C([O-])CO.O=C([O-])CO.O=C([O-])CO.O=C([O-])CO.OCCO.[Ti+4]. The Hall–Kier alpha value is -1.91. The normalized spacial score (nSPS) is 6.74. The molecule has 0 aromatic carbocycles. The summed E-state index contributed by atoms with van der Waals surface area (Å²) in [6.07, 6.45) is 0. The van der Waals surface area contributed by atoms with Gasteiger partial charge in [0.15, 0.2) is 0 Å². The van der Waals surface area contributed by atoms with Crippen molar-refractivity contribution in [2.75, 3.05) is 39.6 Å². The number of aliphatic carboxylic acids is 4. The molecule has 0 aliphatic rings. The fourth-order valence-corrected chi connectivity index (χ4v) is 0. The van der Waals surface area contributed by atoms with Gasteiger partial charge in [0.05, 0.1) is 63.5 Å². The molecule has 15 heteroatoms.